The molecule has 9 heteroatoms. The summed E-state index contributed by atoms with van der Waals surface area (Å²) in [7, 11) is -2.31. The van der Waals surface area contributed by atoms with Gasteiger partial charge in [-0.2, -0.15) is 4.31 Å². The number of benzene rings is 1. The van der Waals surface area contributed by atoms with Crippen LogP contribution in [0.1, 0.15) is 19.8 Å². The lowest BCUT2D eigenvalue weighted by Crippen LogP contribution is -2.48. The average Bonchev–Trinajstić information content (AvgIpc) is 2.55. The molecule has 1 aliphatic heterocycles. The van der Waals surface area contributed by atoms with Gasteiger partial charge in [0.05, 0.1) is 11.4 Å². The minimum atomic E-state index is -3.72. The molecule has 25 heavy (non-hydrogen) atoms. The third-order valence-electron chi connectivity index (χ3n) is 4.43. The molecule has 1 heterocycles. The van der Waals surface area contributed by atoms with Crippen molar-refractivity contribution in [3.8, 4) is 0 Å². The molecule has 0 saturated carbocycles. The Kier molecular flexibility index (Phi) is 8.15. The molecule has 0 aliphatic carbocycles. The molecule has 1 aromatic carbocycles. The van der Waals surface area contributed by atoms with E-state index in [9.17, 15) is 13.2 Å². The number of likely N-dealkylation sites (tertiary alicyclic amines) is 1. The maximum Gasteiger partial charge on any atom is 0.243 e. The smallest absolute Gasteiger partial charge is 0.243 e. The van der Waals surface area contributed by atoms with Crippen LogP contribution in [0.25, 0.3) is 0 Å². The molecule has 0 spiro atoms. The standard InChI is InChI=1S/C16H24ClN3O3S.ClH/c1-12(18)13-4-3-9-20(10-13)16(21)11-19(2)24(22,23)15-7-5-14(17)6-8-15;/h5-8,12-13H,3-4,9-11,18H2,1-2H3;1H. The van der Waals surface area contributed by atoms with E-state index in [0.717, 1.165) is 17.1 Å². The molecule has 0 aromatic heterocycles. The second-order valence-electron chi connectivity index (χ2n) is 6.32. The monoisotopic (exact) mass is 409 g/mol. The average molecular weight is 410 g/mol. The second kappa shape index (κ2) is 9.19. The fourth-order valence-corrected chi connectivity index (χ4v) is 4.07. The van der Waals surface area contributed by atoms with E-state index in [0.29, 0.717) is 18.1 Å². The van der Waals surface area contributed by atoms with Gasteiger partial charge in [0.1, 0.15) is 0 Å². The topological polar surface area (TPSA) is 83.7 Å². The SMILES string of the molecule is CC(N)C1CCCN(C(=O)CN(C)S(=O)(=O)c2ccc(Cl)cc2)C1.Cl. The summed E-state index contributed by atoms with van der Waals surface area (Å²) in [6.07, 6.45) is 1.89. The van der Waals surface area contributed by atoms with Crippen LogP contribution in [0.5, 0.6) is 0 Å². The van der Waals surface area contributed by atoms with E-state index in [1.807, 2.05) is 6.92 Å². The van der Waals surface area contributed by atoms with E-state index in [-0.39, 0.29) is 41.7 Å². The van der Waals surface area contributed by atoms with Gasteiger partial charge in [0.25, 0.3) is 0 Å². The van der Waals surface area contributed by atoms with Crippen LogP contribution < -0.4 is 5.73 Å². The molecule has 1 aromatic rings. The van der Waals surface area contributed by atoms with Gasteiger partial charge in [0.2, 0.25) is 15.9 Å². The molecular weight excluding hydrogens is 385 g/mol. The van der Waals surface area contributed by atoms with Crippen molar-refractivity contribution in [2.75, 3.05) is 26.7 Å². The van der Waals surface area contributed by atoms with Crippen molar-refractivity contribution >= 4 is 39.9 Å². The van der Waals surface area contributed by atoms with Gasteiger partial charge in [-0.05, 0) is 49.9 Å². The first-order valence-electron chi connectivity index (χ1n) is 7.97. The van der Waals surface area contributed by atoms with E-state index in [4.69, 9.17) is 17.3 Å². The quantitative estimate of drug-likeness (QED) is 0.805. The molecule has 0 radical (unpaired) electrons. The number of nitrogens with two attached hydrogens (primary N) is 1. The largest absolute Gasteiger partial charge is 0.341 e. The van der Waals surface area contributed by atoms with Crippen molar-refractivity contribution in [3.05, 3.63) is 29.3 Å². The molecule has 1 saturated heterocycles. The van der Waals surface area contributed by atoms with Crippen molar-refractivity contribution in [1.82, 2.24) is 9.21 Å². The van der Waals surface area contributed by atoms with Gasteiger partial charge < -0.3 is 10.6 Å². The van der Waals surface area contributed by atoms with Crippen molar-refractivity contribution in [3.63, 3.8) is 0 Å². The summed E-state index contributed by atoms with van der Waals surface area (Å²) in [5.41, 5.74) is 5.93. The normalized spacial score (nSPS) is 19.4. The highest BCUT2D eigenvalue weighted by atomic mass is 35.5. The van der Waals surface area contributed by atoms with Crippen LogP contribution in [-0.2, 0) is 14.8 Å². The van der Waals surface area contributed by atoms with Gasteiger partial charge in [0, 0.05) is 31.2 Å². The highest BCUT2D eigenvalue weighted by Gasteiger charge is 2.29. The number of hydrogen-bond donors (Lipinski definition) is 1. The van der Waals surface area contributed by atoms with Crippen LogP contribution in [-0.4, -0.2) is 56.3 Å². The zero-order valence-corrected chi connectivity index (χ0v) is 16.8. The number of piperidine rings is 1. The Morgan fingerprint density at radius 3 is 2.56 bits per heavy atom. The van der Waals surface area contributed by atoms with Gasteiger partial charge in [-0.3, -0.25) is 4.79 Å². The van der Waals surface area contributed by atoms with Gasteiger partial charge in [-0.1, -0.05) is 11.6 Å². The number of halogens is 2. The number of sulfonamides is 1. The van der Waals surface area contributed by atoms with Gasteiger partial charge in [-0.25, -0.2) is 8.42 Å². The number of carbonyl (C=O) groups is 1. The number of rotatable bonds is 5. The van der Waals surface area contributed by atoms with Crippen molar-refractivity contribution in [1.29, 1.82) is 0 Å². The minimum Gasteiger partial charge on any atom is -0.341 e. The highest BCUT2D eigenvalue weighted by Crippen LogP contribution is 2.20. The second-order valence-corrected chi connectivity index (χ2v) is 8.80. The molecular formula is C16H25Cl2N3O3S. The fourth-order valence-electron chi connectivity index (χ4n) is 2.83. The van der Waals surface area contributed by atoms with Crippen molar-refractivity contribution < 1.29 is 13.2 Å². The summed E-state index contributed by atoms with van der Waals surface area (Å²) in [5.74, 6) is 0.0706. The summed E-state index contributed by atoms with van der Waals surface area (Å²) < 4.78 is 26.1. The third kappa shape index (κ3) is 5.56. The van der Waals surface area contributed by atoms with Gasteiger partial charge in [-0.15, -0.1) is 12.4 Å². The predicted octanol–water partition coefficient (Wildman–Crippen LogP) is 1.97. The number of hydrogen-bond acceptors (Lipinski definition) is 4. The van der Waals surface area contributed by atoms with Crippen LogP contribution in [0, 0.1) is 5.92 Å². The lowest BCUT2D eigenvalue weighted by molar-refractivity contribution is -0.133. The molecule has 1 amide bonds. The lowest BCUT2D eigenvalue weighted by atomic mass is 9.92. The zero-order valence-electron chi connectivity index (χ0n) is 14.4. The van der Waals surface area contributed by atoms with E-state index in [1.54, 1.807) is 4.90 Å². The number of carbonyl (C=O) groups excluding carboxylic acids is 1. The molecule has 2 atom stereocenters. The Balaban J connectivity index is 0.00000312. The maximum absolute atomic E-state index is 12.5. The van der Waals surface area contributed by atoms with Crippen LogP contribution in [0.15, 0.2) is 29.2 Å². The van der Waals surface area contributed by atoms with Crippen molar-refractivity contribution in [2.45, 2.75) is 30.7 Å². The number of nitrogens with zero attached hydrogens (tertiary/aromatic N) is 2. The van der Waals surface area contributed by atoms with Crippen LogP contribution in [0.4, 0.5) is 0 Å². The van der Waals surface area contributed by atoms with Crippen LogP contribution in [0.2, 0.25) is 5.02 Å². The Hall–Kier alpha value is -0.860. The maximum atomic E-state index is 12.5. The first kappa shape index (κ1) is 22.2. The zero-order chi connectivity index (χ0) is 17.9. The molecule has 2 rings (SSSR count). The Bertz CT molecular complexity index is 680. The first-order chi connectivity index (χ1) is 11.2. The fraction of sp³-hybridized carbons (Fsp3) is 0.562. The number of likely N-dealkylation sites (N-methyl/N-ethyl adjacent to an activating group) is 1. The van der Waals surface area contributed by atoms with Gasteiger partial charge >= 0.3 is 0 Å². The van der Waals surface area contributed by atoms with Crippen molar-refractivity contribution in [2.24, 2.45) is 11.7 Å². The molecule has 6 nitrogen and oxygen atoms in total. The number of amides is 1. The Labute approximate surface area is 160 Å². The lowest BCUT2D eigenvalue weighted by Gasteiger charge is -2.35. The van der Waals surface area contributed by atoms with Gasteiger partial charge in [0.15, 0.2) is 0 Å². The Morgan fingerprint density at radius 1 is 1.40 bits per heavy atom. The molecule has 2 N–H and O–H groups in total. The summed E-state index contributed by atoms with van der Waals surface area (Å²) >= 11 is 5.79. The van der Waals surface area contributed by atoms with E-state index in [1.165, 1.54) is 31.3 Å². The first-order valence-corrected chi connectivity index (χ1v) is 9.79. The van der Waals surface area contributed by atoms with E-state index >= 15 is 0 Å². The molecule has 1 aliphatic rings. The summed E-state index contributed by atoms with van der Waals surface area (Å²) in [6.45, 7) is 2.99. The highest BCUT2D eigenvalue weighted by molar-refractivity contribution is 7.89. The van der Waals surface area contributed by atoms with Crippen LogP contribution in [0.3, 0.4) is 0 Å². The summed E-state index contributed by atoms with van der Waals surface area (Å²) in [6, 6.07) is 5.93. The minimum absolute atomic E-state index is 0. The molecule has 1 fully saturated rings. The van der Waals surface area contributed by atoms with E-state index in [2.05, 4.69) is 0 Å². The summed E-state index contributed by atoms with van der Waals surface area (Å²) in [4.78, 5) is 14.3. The van der Waals surface area contributed by atoms with Crippen LogP contribution >= 0.6 is 24.0 Å². The summed E-state index contributed by atoms with van der Waals surface area (Å²) in [5, 5.41) is 0.461. The third-order valence-corrected chi connectivity index (χ3v) is 6.50. The predicted molar refractivity (Wildman–Crippen MR) is 101 cm³/mol. The molecule has 0 bridgehead atoms. The molecule has 2 unspecified atom stereocenters. The molecule has 142 valence electrons. The van der Waals surface area contributed by atoms with E-state index < -0.39 is 10.0 Å². The Morgan fingerprint density at radius 2 is 2.00 bits per heavy atom.